The number of carbonyl (C=O) groups excluding carboxylic acids is 2. The van der Waals surface area contributed by atoms with Crippen molar-refractivity contribution in [3.8, 4) is 0 Å². The molecule has 2 amide bonds. The Kier molecular flexibility index (Phi) is 7.16. The van der Waals surface area contributed by atoms with E-state index in [-0.39, 0.29) is 12.5 Å². The normalized spacial score (nSPS) is 10.4. The van der Waals surface area contributed by atoms with Crippen LogP contribution in [0.3, 0.4) is 0 Å². The Hall–Kier alpha value is -4.93. The number of carbonyl (C=O) groups is 2. The maximum Gasteiger partial charge on any atom is 0.407 e. The molecule has 11 heteroatoms. The minimum absolute atomic E-state index is 0.157. The van der Waals surface area contributed by atoms with Crippen LogP contribution in [0.4, 0.5) is 28.1 Å². The molecule has 178 valence electrons. The summed E-state index contributed by atoms with van der Waals surface area (Å²) in [7, 11) is 1.58. The fraction of sp³-hybridized carbons (Fsp3) is 0.125. The van der Waals surface area contributed by atoms with E-state index in [1.54, 1.807) is 42.0 Å². The molecule has 0 unspecified atom stereocenters. The summed E-state index contributed by atoms with van der Waals surface area (Å²) in [5.41, 5.74) is 2.71. The Balaban J connectivity index is 1.51. The summed E-state index contributed by atoms with van der Waals surface area (Å²) in [6.45, 7) is 3.98. The number of para-hydroxylation sites is 1. The maximum absolute atomic E-state index is 12.3. The molecule has 0 fully saturated rings. The maximum atomic E-state index is 12.3. The van der Waals surface area contributed by atoms with Crippen molar-refractivity contribution in [2.75, 3.05) is 24.3 Å². The quantitative estimate of drug-likeness (QED) is 0.272. The van der Waals surface area contributed by atoms with E-state index in [0.29, 0.717) is 35.5 Å². The van der Waals surface area contributed by atoms with Gasteiger partial charge in [0.2, 0.25) is 17.7 Å². The molecule has 35 heavy (non-hydrogen) atoms. The van der Waals surface area contributed by atoms with Crippen molar-refractivity contribution in [2.45, 2.75) is 6.54 Å². The second-order valence-electron chi connectivity index (χ2n) is 7.28. The number of imidazole rings is 1. The predicted molar refractivity (Wildman–Crippen MR) is 132 cm³/mol. The van der Waals surface area contributed by atoms with E-state index in [1.807, 2.05) is 30.3 Å². The van der Waals surface area contributed by atoms with Gasteiger partial charge in [0.25, 0.3) is 5.91 Å². The molecule has 0 atom stereocenters. The molecule has 0 bridgehead atoms. The molecule has 0 saturated heterocycles. The van der Waals surface area contributed by atoms with Gasteiger partial charge < -0.3 is 26.0 Å². The lowest BCUT2D eigenvalue weighted by molar-refractivity contribution is 0.0964. The molecule has 4 N–H and O–H groups in total. The third-order valence-electron chi connectivity index (χ3n) is 4.89. The molecule has 11 nitrogen and oxygen atoms in total. The van der Waals surface area contributed by atoms with E-state index in [4.69, 9.17) is 4.74 Å². The first-order valence-corrected chi connectivity index (χ1v) is 10.7. The van der Waals surface area contributed by atoms with Gasteiger partial charge in [-0.25, -0.2) is 9.78 Å². The Labute approximate surface area is 201 Å². The zero-order valence-electron chi connectivity index (χ0n) is 19.0. The number of hydrogen-bond acceptors (Lipinski definition) is 8. The number of anilines is 4. The highest BCUT2D eigenvalue weighted by Gasteiger charge is 2.13. The summed E-state index contributed by atoms with van der Waals surface area (Å²) in [6, 6.07) is 14.6. The van der Waals surface area contributed by atoms with Crippen molar-refractivity contribution in [1.82, 2.24) is 30.0 Å². The summed E-state index contributed by atoms with van der Waals surface area (Å²) in [5.74, 6) is 0.972. The molecule has 4 rings (SSSR count). The minimum atomic E-state index is -0.508. The Morgan fingerprint density at radius 3 is 2.66 bits per heavy atom. The molecular weight excluding hydrogens is 448 g/mol. The van der Waals surface area contributed by atoms with Crippen LogP contribution in [0.5, 0.6) is 0 Å². The Bertz CT molecular complexity index is 1350. The number of fused-ring (bicyclic) bond motifs is 1. The van der Waals surface area contributed by atoms with Gasteiger partial charge in [-0.3, -0.25) is 9.20 Å². The summed E-state index contributed by atoms with van der Waals surface area (Å²) in [4.78, 5) is 37.1. The van der Waals surface area contributed by atoms with Crippen LogP contribution in [0, 0.1) is 0 Å². The van der Waals surface area contributed by atoms with Gasteiger partial charge in [-0.2, -0.15) is 9.97 Å². The first-order chi connectivity index (χ1) is 17.1. The van der Waals surface area contributed by atoms with Crippen molar-refractivity contribution in [3.05, 3.63) is 84.7 Å². The molecular formula is C24H24N8O3. The van der Waals surface area contributed by atoms with E-state index in [1.165, 1.54) is 6.08 Å². The number of ether oxygens (including phenoxy) is 1. The SMILES string of the molecule is C=CCOC(=O)NCc1ccc(Nc2nc(Nc3ccccc3C(=O)NC)n3ccnc3n2)cc1. The van der Waals surface area contributed by atoms with Gasteiger partial charge in [-0.1, -0.05) is 36.9 Å². The lowest BCUT2D eigenvalue weighted by Gasteiger charge is -2.13. The van der Waals surface area contributed by atoms with E-state index < -0.39 is 6.09 Å². The van der Waals surface area contributed by atoms with Gasteiger partial charge in [0.05, 0.1) is 11.3 Å². The van der Waals surface area contributed by atoms with Crippen LogP contribution in [-0.4, -0.2) is 45.0 Å². The van der Waals surface area contributed by atoms with Crippen molar-refractivity contribution in [1.29, 1.82) is 0 Å². The zero-order chi connectivity index (χ0) is 24.6. The lowest BCUT2D eigenvalue weighted by Crippen LogP contribution is -2.23. The number of aromatic nitrogens is 4. The standard InChI is InChI=1S/C24H24N8O3/c1-3-14-35-24(34)27-15-16-8-10-17(11-9-16)28-21-30-22-26-12-13-32(22)23(31-21)29-19-7-5-4-6-18(19)20(33)25-2/h3-13H,1,14-15H2,2H3,(H,25,33)(H,27,34)(H2,26,28,29,30,31). The van der Waals surface area contributed by atoms with Crippen LogP contribution in [0.25, 0.3) is 5.78 Å². The highest BCUT2D eigenvalue weighted by atomic mass is 16.5. The number of benzene rings is 2. The topological polar surface area (TPSA) is 135 Å². The molecule has 0 aliphatic heterocycles. The van der Waals surface area contributed by atoms with Gasteiger partial charge >= 0.3 is 6.09 Å². The van der Waals surface area contributed by atoms with Crippen LogP contribution >= 0.6 is 0 Å². The molecule has 2 aromatic carbocycles. The van der Waals surface area contributed by atoms with E-state index in [2.05, 4.69) is 42.8 Å². The lowest BCUT2D eigenvalue weighted by atomic mass is 10.1. The highest BCUT2D eigenvalue weighted by molar-refractivity contribution is 6.00. The molecule has 2 heterocycles. The van der Waals surface area contributed by atoms with Gasteiger partial charge in [0.1, 0.15) is 6.61 Å². The number of alkyl carbamates (subject to hydrolysis) is 1. The smallest absolute Gasteiger partial charge is 0.407 e. The monoisotopic (exact) mass is 472 g/mol. The molecule has 0 aliphatic rings. The Morgan fingerprint density at radius 1 is 1.09 bits per heavy atom. The Morgan fingerprint density at radius 2 is 1.89 bits per heavy atom. The van der Waals surface area contributed by atoms with Crippen molar-refractivity contribution >= 4 is 41.0 Å². The van der Waals surface area contributed by atoms with Gasteiger partial charge in [0, 0.05) is 31.7 Å². The summed E-state index contributed by atoms with van der Waals surface area (Å²) < 4.78 is 6.58. The third kappa shape index (κ3) is 5.71. The molecule has 2 aromatic heterocycles. The van der Waals surface area contributed by atoms with E-state index >= 15 is 0 Å². The average molecular weight is 473 g/mol. The van der Waals surface area contributed by atoms with Gasteiger partial charge in [0.15, 0.2) is 0 Å². The van der Waals surface area contributed by atoms with Crippen LogP contribution in [0.15, 0.2) is 73.6 Å². The molecule has 0 radical (unpaired) electrons. The average Bonchev–Trinajstić information content (AvgIpc) is 3.36. The zero-order valence-corrected chi connectivity index (χ0v) is 19.0. The van der Waals surface area contributed by atoms with Crippen LogP contribution in [-0.2, 0) is 11.3 Å². The first-order valence-electron chi connectivity index (χ1n) is 10.7. The number of nitrogens with zero attached hydrogens (tertiary/aromatic N) is 4. The van der Waals surface area contributed by atoms with Crippen LogP contribution in [0.1, 0.15) is 15.9 Å². The summed E-state index contributed by atoms with van der Waals surface area (Å²) in [6.07, 6.45) is 4.34. The molecule has 4 aromatic rings. The summed E-state index contributed by atoms with van der Waals surface area (Å²) >= 11 is 0. The molecule has 0 aliphatic carbocycles. The van der Waals surface area contributed by atoms with Crippen LogP contribution in [0.2, 0.25) is 0 Å². The molecule has 0 spiro atoms. The second kappa shape index (κ2) is 10.8. The van der Waals surface area contributed by atoms with E-state index in [0.717, 1.165) is 11.3 Å². The third-order valence-corrected chi connectivity index (χ3v) is 4.89. The van der Waals surface area contributed by atoms with Gasteiger partial charge in [-0.15, -0.1) is 0 Å². The number of hydrogen-bond donors (Lipinski definition) is 4. The number of amides is 2. The number of nitrogens with one attached hydrogen (secondary N) is 4. The number of rotatable bonds is 9. The van der Waals surface area contributed by atoms with Gasteiger partial charge in [-0.05, 0) is 29.8 Å². The fourth-order valence-corrected chi connectivity index (χ4v) is 3.20. The van der Waals surface area contributed by atoms with Crippen LogP contribution < -0.4 is 21.3 Å². The predicted octanol–water partition coefficient (Wildman–Crippen LogP) is 3.38. The second-order valence-corrected chi connectivity index (χ2v) is 7.28. The van der Waals surface area contributed by atoms with Crippen molar-refractivity contribution in [3.63, 3.8) is 0 Å². The largest absolute Gasteiger partial charge is 0.445 e. The highest BCUT2D eigenvalue weighted by Crippen LogP contribution is 2.22. The van der Waals surface area contributed by atoms with Crippen molar-refractivity contribution in [2.24, 2.45) is 0 Å². The van der Waals surface area contributed by atoms with Crippen molar-refractivity contribution < 1.29 is 14.3 Å². The summed E-state index contributed by atoms with van der Waals surface area (Å²) in [5, 5.41) is 11.7. The molecule has 0 saturated carbocycles. The fourth-order valence-electron chi connectivity index (χ4n) is 3.20. The minimum Gasteiger partial charge on any atom is -0.445 e. The first kappa shape index (κ1) is 23.2. The van der Waals surface area contributed by atoms with E-state index in [9.17, 15) is 9.59 Å².